The van der Waals surface area contributed by atoms with Gasteiger partial charge in [-0.15, -0.1) is 5.10 Å². The summed E-state index contributed by atoms with van der Waals surface area (Å²) in [5.41, 5.74) is 1.49. The van der Waals surface area contributed by atoms with Gasteiger partial charge in [-0.05, 0) is 61.2 Å². The Morgan fingerprint density at radius 1 is 1.50 bits per heavy atom. The first-order chi connectivity index (χ1) is 10.6. The number of nitrogens with one attached hydrogen (secondary N) is 1. The van der Waals surface area contributed by atoms with Gasteiger partial charge in [0.2, 0.25) is 0 Å². The van der Waals surface area contributed by atoms with Gasteiger partial charge in [0, 0.05) is 5.69 Å². The number of rotatable bonds is 6. The van der Waals surface area contributed by atoms with Crippen LogP contribution in [0.25, 0.3) is 5.69 Å². The van der Waals surface area contributed by atoms with Crippen molar-refractivity contribution >= 4 is 11.6 Å². The van der Waals surface area contributed by atoms with E-state index < -0.39 is 6.10 Å². The summed E-state index contributed by atoms with van der Waals surface area (Å²) in [6.07, 6.45) is 1.96. The molecule has 1 aromatic heterocycles. The van der Waals surface area contributed by atoms with Crippen molar-refractivity contribution in [3.05, 3.63) is 30.1 Å². The Morgan fingerprint density at radius 3 is 3.00 bits per heavy atom. The molecule has 1 N–H and O–H groups in total. The number of hydrogen-bond acceptors (Lipinski definition) is 5. The van der Waals surface area contributed by atoms with Gasteiger partial charge in [-0.25, -0.2) is 0 Å². The second kappa shape index (κ2) is 6.23. The lowest BCUT2D eigenvalue weighted by atomic mass is 10.2. The van der Waals surface area contributed by atoms with E-state index in [4.69, 9.17) is 4.74 Å². The number of carbonyl (C=O) groups is 1. The molecule has 7 nitrogen and oxygen atoms in total. The maximum absolute atomic E-state index is 12.1. The number of anilines is 1. The lowest BCUT2D eigenvalue weighted by Crippen LogP contribution is -2.28. The summed E-state index contributed by atoms with van der Waals surface area (Å²) >= 11 is 0. The van der Waals surface area contributed by atoms with E-state index in [0.717, 1.165) is 5.69 Å². The van der Waals surface area contributed by atoms with Gasteiger partial charge < -0.3 is 10.1 Å². The van der Waals surface area contributed by atoms with Crippen molar-refractivity contribution < 1.29 is 9.53 Å². The third kappa shape index (κ3) is 3.48. The molecule has 0 bridgehead atoms. The van der Waals surface area contributed by atoms with E-state index in [1.165, 1.54) is 12.8 Å². The van der Waals surface area contributed by atoms with Crippen LogP contribution >= 0.6 is 0 Å². The Morgan fingerprint density at radius 2 is 2.32 bits per heavy atom. The smallest absolute Gasteiger partial charge is 0.253 e. The van der Waals surface area contributed by atoms with Crippen LogP contribution in [0.15, 0.2) is 24.3 Å². The van der Waals surface area contributed by atoms with E-state index in [-0.39, 0.29) is 5.91 Å². The van der Waals surface area contributed by atoms with Crippen LogP contribution in [0.4, 0.5) is 5.69 Å². The maximum Gasteiger partial charge on any atom is 0.253 e. The Balaban J connectivity index is 1.64. The molecule has 1 aliphatic rings. The number of benzene rings is 1. The van der Waals surface area contributed by atoms with Gasteiger partial charge in [0.15, 0.2) is 5.82 Å². The number of amides is 1. The number of nitrogens with zero attached hydrogens (tertiary/aromatic N) is 4. The quantitative estimate of drug-likeness (QED) is 0.878. The molecule has 3 rings (SSSR count). The van der Waals surface area contributed by atoms with Crippen LogP contribution in [0, 0.1) is 12.8 Å². The van der Waals surface area contributed by atoms with Crippen molar-refractivity contribution in [2.24, 2.45) is 5.92 Å². The average Bonchev–Trinajstić information content (AvgIpc) is 3.25. The largest absolute Gasteiger partial charge is 0.368 e. The van der Waals surface area contributed by atoms with Crippen LogP contribution in [0.1, 0.15) is 25.6 Å². The highest BCUT2D eigenvalue weighted by atomic mass is 16.5. The number of aryl methyl sites for hydroxylation is 1. The van der Waals surface area contributed by atoms with Gasteiger partial charge in [-0.2, -0.15) is 4.68 Å². The van der Waals surface area contributed by atoms with E-state index >= 15 is 0 Å². The van der Waals surface area contributed by atoms with Gasteiger partial charge in [-0.3, -0.25) is 4.79 Å². The topological polar surface area (TPSA) is 81.9 Å². The minimum absolute atomic E-state index is 0.147. The highest BCUT2D eigenvalue weighted by Crippen LogP contribution is 2.29. The van der Waals surface area contributed by atoms with Crippen LogP contribution < -0.4 is 5.32 Å². The molecule has 1 heterocycles. The first-order valence-corrected chi connectivity index (χ1v) is 7.41. The van der Waals surface area contributed by atoms with Crippen LogP contribution in [0.3, 0.4) is 0 Å². The Bertz CT molecular complexity index is 665. The zero-order chi connectivity index (χ0) is 15.5. The third-order valence-corrected chi connectivity index (χ3v) is 3.63. The summed E-state index contributed by atoms with van der Waals surface area (Å²) in [7, 11) is 0. The number of hydrogen-bond donors (Lipinski definition) is 1. The molecule has 116 valence electrons. The molecule has 7 heteroatoms. The van der Waals surface area contributed by atoms with E-state index in [9.17, 15) is 4.79 Å². The van der Waals surface area contributed by atoms with Crippen molar-refractivity contribution in [3.63, 3.8) is 0 Å². The van der Waals surface area contributed by atoms with Gasteiger partial charge in [-0.1, -0.05) is 6.07 Å². The molecular weight excluding hydrogens is 282 g/mol. The predicted molar refractivity (Wildman–Crippen MR) is 80.7 cm³/mol. The predicted octanol–water partition coefficient (Wildman–Crippen LogP) is 1.72. The molecule has 1 fully saturated rings. The van der Waals surface area contributed by atoms with Crippen LogP contribution in [0.2, 0.25) is 0 Å². The fourth-order valence-corrected chi connectivity index (χ4v) is 2.07. The normalized spacial score (nSPS) is 15.5. The average molecular weight is 301 g/mol. The molecule has 0 radical (unpaired) electrons. The summed E-state index contributed by atoms with van der Waals surface area (Å²) < 4.78 is 7.19. The molecule has 1 atom stereocenters. The Kier molecular flexibility index (Phi) is 4.15. The second-order valence-corrected chi connectivity index (χ2v) is 5.60. The minimum atomic E-state index is -0.459. The molecular formula is C15H19N5O2. The molecule has 0 saturated heterocycles. The summed E-state index contributed by atoms with van der Waals surface area (Å²) in [4.78, 5) is 12.1. The number of aromatic nitrogens is 4. The zero-order valence-electron chi connectivity index (χ0n) is 12.7. The van der Waals surface area contributed by atoms with Gasteiger partial charge >= 0.3 is 0 Å². The lowest BCUT2D eigenvalue weighted by molar-refractivity contribution is -0.126. The third-order valence-electron chi connectivity index (χ3n) is 3.63. The first kappa shape index (κ1) is 14.6. The lowest BCUT2D eigenvalue weighted by Gasteiger charge is -2.13. The molecule has 1 unspecified atom stereocenters. The van der Waals surface area contributed by atoms with Gasteiger partial charge in [0.05, 0.1) is 12.3 Å². The van der Waals surface area contributed by atoms with Crippen molar-refractivity contribution in [2.75, 3.05) is 11.9 Å². The minimum Gasteiger partial charge on any atom is -0.368 e. The number of tetrazole rings is 1. The van der Waals surface area contributed by atoms with Crippen LogP contribution in [0.5, 0.6) is 0 Å². The van der Waals surface area contributed by atoms with Crippen LogP contribution in [-0.2, 0) is 9.53 Å². The SMILES string of the molecule is Cc1nnnn1-c1cccc(NC(=O)C(C)OCC2CC2)c1. The molecule has 1 amide bonds. The molecule has 0 aliphatic heterocycles. The van der Waals surface area contributed by atoms with Gasteiger partial charge in [0.25, 0.3) is 5.91 Å². The summed E-state index contributed by atoms with van der Waals surface area (Å²) in [6, 6.07) is 7.39. The van der Waals surface area contributed by atoms with E-state index in [0.29, 0.717) is 24.0 Å². The standard InChI is InChI=1S/C15H19N5O2/c1-10(22-9-12-6-7-12)15(21)16-13-4-3-5-14(8-13)20-11(2)17-18-19-20/h3-5,8,10,12H,6-7,9H2,1-2H3,(H,16,21). The number of carbonyl (C=O) groups excluding carboxylic acids is 1. The summed E-state index contributed by atoms with van der Waals surface area (Å²) in [5, 5.41) is 14.2. The zero-order valence-corrected chi connectivity index (χ0v) is 12.7. The fourth-order valence-electron chi connectivity index (χ4n) is 2.07. The molecule has 2 aromatic rings. The molecule has 22 heavy (non-hydrogen) atoms. The Hall–Kier alpha value is -2.28. The van der Waals surface area contributed by atoms with Crippen molar-refractivity contribution in [3.8, 4) is 5.69 Å². The number of ether oxygens (including phenoxy) is 1. The van der Waals surface area contributed by atoms with Crippen molar-refractivity contribution in [2.45, 2.75) is 32.8 Å². The fraction of sp³-hybridized carbons (Fsp3) is 0.467. The summed E-state index contributed by atoms with van der Waals surface area (Å²) in [6.45, 7) is 4.25. The molecule has 1 saturated carbocycles. The van der Waals surface area contributed by atoms with Gasteiger partial charge in [0.1, 0.15) is 6.10 Å². The highest BCUT2D eigenvalue weighted by Gasteiger charge is 2.24. The van der Waals surface area contributed by atoms with Crippen molar-refractivity contribution in [1.29, 1.82) is 0 Å². The monoisotopic (exact) mass is 301 g/mol. The summed E-state index contributed by atoms with van der Waals surface area (Å²) in [5.74, 6) is 1.18. The highest BCUT2D eigenvalue weighted by molar-refractivity contribution is 5.94. The van der Waals surface area contributed by atoms with E-state index in [1.54, 1.807) is 11.6 Å². The van der Waals surface area contributed by atoms with Crippen LogP contribution in [-0.4, -0.2) is 38.8 Å². The Labute approximate surface area is 128 Å². The molecule has 1 aromatic carbocycles. The van der Waals surface area contributed by atoms with Crippen molar-refractivity contribution in [1.82, 2.24) is 20.2 Å². The van der Waals surface area contributed by atoms with E-state index in [2.05, 4.69) is 20.8 Å². The van der Waals surface area contributed by atoms with E-state index in [1.807, 2.05) is 31.2 Å². The molecule has 0 spiro atoms. The second-order valence-electron chi connectivity index (χ2n) is 5.60. The maximum atomic E-state index is 12.1. The first-order valence-electron chi connectivity index (χ1n) is 7.41. The molecule has 1 aliphatic carbocycles.